The molecule has 0 aliphatic carbocycles. The standard InChI is InChI=1S/C14H13FN2O2/c1-19-9-13-5-2-10(8-16-13)14(18)17-12-6-3-11(15)4-7-12/h2-8H,9H2,1H3,(H,17,18). The summed E-state index contributed by atoms with van der Waals surface area (Å²) < 4.78 is 17.7. The molecular weight excluding hydrogens is 247 g/mol. The maximum atomic E-state index is 12.7. The zero-order valence-corrected chi connectivity index (χ0v) is 10.4. The van der Waals surface area contributed by atoms with Gasteiger partial charge in [-0.1, -0.05) is 0 Å². The Morgan fingerprint density at radius 3 is 2.58 bits per heavy atom. The first-order valence-corrected chi connectivity index (χ1v) is 5.70. The summed E-state index contributed by atoms with van der Waals surface area (Å²) in [5, 5.41) is 2.66. The summed E-state index contributed by atoms with van der Waals surface area (Å²) in [6.45, 7) is 0.403. The average Bonchev–Trinajstić information content (AvgIpc) is 2.42. The summed E-state index contributed by atoms with van der Waals surface area (Å²) >= 11 is 0. The number of hydrogen-bond donors (Lipinski definition) is 1. The van der Waals surface area contributed by atoms with Crippen molar-refractivity contribution in [2.75, 3.05) is 12.4 Å². The van der Waals surface area contributed by atoms with Gasteiger partial charge in [-0.2, -0.15) is 0 Å². The van der Waals surface area contributed by atoms with Crippen LogP contribution in [0.1, 0.15) is 16.1 Å². The van der Waals surface area contributed by atoms with Gasteiger partial charge in [0.25, 0.3) is 5.91 Å². The van der Waals surface area contributed by atoms with Gasteiger partial charge in [0.1, 0.15) is 5.82 Å². The van der Waals surface area contributed by atoms with Gasteiger partial charge in [-0.25, -0.2) is 4.39 Å². The normalized spacial score (nSPS) is 10.2. The van der Waals surface area contributed by atoms with E-state index >= 15 is 0 Å². The minimum Gasteiger partial charge on any atom is -0.378 e. The van der Waals surface area contributed by atoms with E-state index in [-0.39, 0.29) is 11.7 Å². The molecule has 0 atom stereocenters. The number of anilines is 1. The Balaban J connectivity index is 2.05. The maximum absolute atomic E-state index is 12.7. The number of halogens is 1. The molecule has 1 heterocycles. The van der Waals surface area contributed by atoms with Crippen molar-refractivity contribution in [2.24, 2.45) is 0 Å². The molecule has 1 N–H and O–H groups in total. The maximum Gasteiger partial charge on any atom is 0.257 e. The van der Waals surface area contributed by atoms with E-state index in [1.54, 1.807) is 19.2 Å². The second-order valence-electron chi connectivity index (χ2n) is 3.93. The number of benzene rings is 1. The Morgan fingerprint density at radius 1 is 1.26 bits per heavy atom. The highest BCUT2D eigenvalue weighted by Crippen LogP contribution is 2.10. The van der Waals surface area contributed by atoms with Crippen LogP contribution >= 0.6 is 0 Å². The van der Waals surface area contributed by atoms with E-state index < -0.39 is 0 Å². The molecule has 0 spiro atoms. The molecule has 5 heteroatoms. The highest BCUT2D eigenvalue weighted by molar-refractivity contribution is 6.04. The second kappa shape index (κ2) is 6.06. The average molecular weight is 260 g/mol. The number of carbonyl (C=O) groups is 1. The molecule has 1 amide bonds. The van der Waals surface area contributed by atoms with Crippen LogP contribution in [-0.2, 0) is 11.3 Å². The number of nitrogens with zero attached hydrogens (tertiary/aromatic N) is 1. The number of ether oxygens (including phenoxy) is 1. The number of aromatic nitrogens is 1. The molecule has 0 radical (unpaired) electrons. The molecule has 0 bridgehead atoms. The third kappa shape index (κ3) is 3.59. The topological polar surface area (TPSA) is 51.2 Å². The minimum absolute atomic E-state index is 0.289. The molecule has 0 aliphatic heterocycles. The number of pyridine rings is 1. The van der Waals surface area contributed by atoms with Crippen LogP contribution in [0.25, 0.3) is 0 Å². The van der Waals surface area contributed by atoms with Gasteiger partial charge < -0.3 is 10.1 Å². The molecule has 1 aromatic carbocycles. The predicted octanol–water partition coefficient (Wildman–Crippen LogP) is 2.62. The molecule has 19 heavy (non-hydrogen) atoms. The first-order chi connectivity index (χ1) is 9.19. The largest absolute Gasteiger partial charge is 0.378 e. The molecule has 2 aromatic rings. The van der Waals surface area contributed by atoms with Crippen LogP contribution in [0.2, 0.25) is 0 Å². The number of methoxy groups -OCH3 is 1. The van der Waals surface area contributed by atoms with Gasteiger partial charge in [-0.15, -0.1) is 0 Å². The lowest BCUT2D eigenvalue weighted by molar-refractivity contribution is 0.102. The van der Waals surface area contributed by atoms with E-state index in [9.17, 15) is 9.18 Å². The molecule has 4 nitrogen and oxygen atoms in total. The number of rotatable bonds is 4. The van der Waals surface area contributed by atoms with Crippen LogP contribution in [0.3, 0.4) is 0 Å². The van der Waals surface area contributed by atoms with Crippen LogP contribution < -0.4 is 5.32 Å². The van der Waals surface area contributed by atoms with Crippen LogP contribution in [0.4, 0.5) is 10.1 Å². The summed E-state index contributed by atoms with van der Waals surface area (Å²) in [4.78, 5) is 16.0. The zero-order valence-electron chi connectivity index (χ0n) is 10.4. The monoisotopic (exact) mass is 260 g/mol. The van der Waals surface area contributed by atoms with Crippen molar-refractivity contribution in [3.8, 4) is 0 Å². The Bertz CT molecular complexity index is 553. The number of nitrogens with one attached hydrogen (secondary N) is 1. The van der Waals surface area contributed by atoms with E-state index in [4.69, 9.17) is 4.74 Å². The Labute approximate surface area is 110 Å². The smallest absolute Gasteiger partial charge is 0.257 e. The highest BCUT2D eigenvalue weighted by Gasteiger charge is 2.06. The van der Waals surface area contributed by atoms with Gasteiger partial charge in [0.05, 0.1) is 17.9 Å². The molecule has 0 aliphatic rings. The molecule has 98 valence electrons. The zero-order chi connectivity index (χ0) is 13.7. The van der Waals surface area contributed by atoms with Gasteiger partial charge in [0.15, 0.2) is 0 Å². The van der Waals surface area contributed by atoms with Crippen molar-refractivity contribution in [1.82, 2.24) is 4.98 Å². The van der Waals surface area contributed by atoms with E-state index in [1.165, 1.54) is 30.5 Å². The first-order valence-electron chi connectivity index (χ1n) is 5.70. The van der Waals surface area contributed by atoms with Crippen LogP contribution in [0.15, 0.2) is 42.6 Å². The summed E-state index contributed by atoms with van der Waals surface area (Å²) in [6.07, 6.45) is 1.48. The van der Waals surface area contributed by atoms with Crippen molar-refractivity contribution in [3.63, 3.8) is 0 Å². The Hall–Kier alpha value is -2.27. The van der Waals surface area contributed by atoms with Crippen molar-refractivity contribution in [3.05, 3.63) is 59.7 Å². The number of hydrogen-bond acceptors (Lipinski definition) is 3. The summed E-state index contributed by atoms with van der Waals surface area (Å²) in [7, 11) is 1.58. The Morgan fingerprint density at radius 2 is 2.00 bits per heavy atom. The molecule has 0 fully saturated rings. The first kappa shape index (κ1) is 13.2. The fourth-order valence-corrected chi connectivity index (χ4v) is 1.53. The molecule has 1 aromatic heterocycles. The van der Waals surface area contributed by atoms with Gasteiger partial charge in [0, 0.05) is 19.0 Å². The third-order valence-electron chi connectivity index (χ3n) is 2.48. The number of carbonyl (C=O) groups excluding carboxylic acids is 1. The van der Waals surface area contributed by atoms with Crippen LogP contribution in [-0.4, -0.2) is 18.0 Å². The molecule has 0 saturated heterocycles. The molecular formula is C14H13FN2O2. The second-order valence-corrected chi connectivity index (χ2v) is 3.93. The summed E-state index contributed by atoms with van der Waals surface area (Å²) in [6, 6.07) is 8.97. The molecule has 0 saturated carbocycles. The highest BCUT2D eigenvalue weighted by atomic mass is 19.1. The lowest BCUT2D eigenvalue weighted by Crippen LogP contribution is -2.12. The predicted molar refractivity (Wildman–Crippen MR) is 69.3 cm³/mol. The van der Waals surface area contributed by atoms with Gasteiger partial charge in [0.2, 0.25) is 0 Å². The molecule has 2 rings (SSSR count). The fraction of sp³-hybridized carbons (Fsp3) is 0.143. The Kier molecular flexibility index (Phi) is 4.20. The van der Waals surface area contributed by atoms with E-state index in [1.807, 2.05) is 0 Å². The quantitative estimate of drug-likeness (QED) is 0.919. The van der Waals surface area contributed by atoms with Crippen molar-refractivity contribution < 1.29 is 13.9 Å². The lowest BCUT2D eigenvalue weighted by Gasteiger charge is -2.05. The third-order valence-corrected chi connectivity index (χ3v) is 2.48. The van der Waals surface area contributed by atoms with Gasteiger partial charge in [-0.3, -0.25) is 9.78 Å². The number of amides is 1. The van der Waals surface area contributed by atoms with Crippen LogP contribution in [0, 0.1) is 5.82 Å². The van der Waals surface area contributed by atoms with E-state index in [0.29, 0.717) is 17.9 Å². The van der Waals surface area contributed by atoms with Gasteiger partial charge in [-0.05, 0) is 36.4 Å². The van der Waals surface area contributed by atoms with E-state index in [2.05, 4.69) is 10.3 Å². The van der Waals surface area contributed by atoms with Crippen molar-refractivity contribution >= 4 is 11.6 Å². The van der Waals surface area contributed by atoms with Crippen molar-refractivity contribution in [2.45, 2.75) is 6.61 Å². The van der Waals surface area contributed by atoms with Gasteiger partial charge >= 0.3 is 0 Å². The summed E-state index contributed by atoms with van der Waals surface area (Å²) in [5.41, 5.74) is 1.72. The van der Waals surface area contributed by atoms with Crippen molar-refractivity contribution in [1.29, 1.82) is 0 Å². The summed E-state index contributed by atoms with van der Waals surface area (Å²) in [5.74, 6) is -0.633. The SMILES string of the molecule is COCc1ccc(C(=O)Nc2ccc(F)cc2)cn1. The molecule has 0 unspecified atom stereocenters. The minimum atomic E-state index is -0.344. The fourth-order valence-electron chi connectivity index (χ4n) is 1.53. The van der Waals surface area contributed by atoms with E-state index in [0.717, 1.165) is 5.69 Å². The lowest BCUT2D eigenvalue weighted by atomic mass is 10.2. The van der Waals surface area contributed by atoms with Crippen LogP contribution in [0.5, 0.6) is 0 Å².